The Balaban J connectivity index is 2.66. The summed E-state index contributed by atoms with van der Waals surface area (Å²) in [6, 6.07) is 6.72. The van der Waals surface area contributed by atoms with Crippen LogP contribution in [0.1, 0.15) is 100.0 Å². The minimum Gasteiger partial charge on any atom is -0.460 e. The lowest BCUT2D eigenvalue weighted by Crippen LogP contribution is -2.53. The smallest absolute Gasteiger partial charge is 0.329 e. The summed E-state index contributed by atoms with van der Waals surface area (Å²) in [7, 11) is 0. The number of amides is 2. The Morgan fingerprint density at radius 3 is 1.95 bits per heavy atom. The van der Waals surface area contributed by atoms with Crippen molar-refractivity contribution in [2.45, 2.75) is 124 Å². The molecule has 1 aromatic carbocycles. The highest BCUT2D eigenvalue weighted by Gasteiger charge is 2.31. The maximum atomic E-state index is 13.0. The maximum Gasteiger partial charge on any atom is 0.329 e. The molecular formula is C30H50BrN3O5. The standard InChI is InChI=1S/C30H50BrN3O5/c1-28(2,3)24(12-10-11-19-32-20-21-13-15-22(31)16-14-21)34-27(37)33-23(26(36)39-30(7,8)9)17-18-25(35)38-29(4,5)6/h13-16,23-24,32H,10-12,17-20H2,1-9H3,(H2,33,34,37)/t23-,24-/m0/s1. The lowest BCUT2D eigenvalue weighted by atomic mass is 9.84. The molecule has 8 nitrogen and oxygen atoms in total. The predicted molar refractivity (Wildman–Crippen MR) is 159 cm³/mol. The Bertz CT molecular complexity index is 915. The molecule has 222 valence electrons. The monoisotopic (exact) mass is 611 g/mol. The summed E-state index contributed by atoms with van der Waals surface area (Å²) in [6.45, 7) is 18.6. The van der Waals surface area contributed by atoms with Crippen LogP contribution in [0.3, 0.4) is 0 Å². The third-order valence-electron chi connectivity index (χ3n) is 5.74. The van der Waals surface area contributed by atoms with Crippen LogP contribution < -0.4 is 16.0 Å². The molecule has 0 bridgehead atoms. The number of hydrogen-bond donors (Lipinski definition) is 3. The minimum atomic E-state index is -0.972. The Labute approximate surface area is 243 Å². The van der Waals surface area contributed by atoms with Gasteiger partial charge in [0.1, 0.15) is 17.2 Å². The van der Waals surface area contributed by atoms with Crippen LogP contribution in [-0.4, -0.2) is 47.8 Å². The van der Waals surface area contributed by atoms with Crippen molar-refractivity contribution in [3.63, 3.8) is 0 Å². The summed E-state index contributed by atoms with van der Waals surface area (Å²) in [5, 5.41) is 9.26. The van der Waals surface area contributed by atoms with Gasteiger partial charge in [-0.25, -0.2) is 9.59 Å². The zero-order chi connectivity index (χ0) is 29.9. The third-order valence-corrected chi connectivity index (χ3v) is 6.27. The lowest BCUT2D eigenvalue weighted by Gasteiger charge is -2.32. The predicted octanol–water partition coefficient (Wildman–Crippen LogP) is 6.26. The van der Waals surface area contributed by atoms with Crippen LogP contribution in [0.4, 0.5) is 4.79 Å². The van der Waals surface area contributed by atoms with Gasteiger partial charge in [0.05, 0.1) is 0 Å². The number of carbonyl (C=O) groups excluding carboxylic acids is 3. The van der Waals surface area contributed by atoms with E-state index in [1.807, 2.05) is 12.1 Å². The topological polar surface area (TPSA) is 106 Å². The van der Waals surface area contributed by atoms with Gasteiger partial charge in [0.15, 0.2) is 0 Å². The van der Waals surface area contributed by atoms with E-state index < -0.39 is 35.2 Å². The van der Waals surface area contributed by atoms with Gasteiger partial charge in [-0.15, -0.1) is 0 Å². The second-order valence-corrected chi connectivity index (χ2v) is 14.0. The van der Waals surface area contributed by atoms with Crippen molar-refractivity contribution in [2.24, 2.45) is 5.41 Å². The van der Waals surface area contributed by atoms with E-state index in [1.165, 1.54) is 5.56 Å². The van der Waals surface area contributed by atoms with Crippen LogP contribution in [-0.2, 0) is 25.6 Å². The molecule has 0 saturated heterocycles. The average molecular weight is 613 g/mol. The minimum absolute atomic E-state index is 0.0165. The summed E-state index contributed by atoms with van der Waals surface area (Å²) in [6.07, 6.45) is 2.78. The van der Waals surface area contributed by atoms with E-state index in [0.717, 1.165) is 36.8 Å². The van der Waals surface area contributed by atoms with Gasteiger partial charge in [0.2, 0.25) is 0 Å². The number of carbonyl (C=O) groups is 3. The van der Waals surface area contributed by atoms with Crippen LogP contribution in [0, 0.1) is 5.41 Å². The van der Waals surface area contributed by atoms with Gasteiger partial charge in [0, 0.05) is 23.5 Å². The molecule has 39 heavy (non-hydrogen) atoms. The molecule has 0 saturated carbocycles. The fourth-order valence-electron chi connectivity index (χ4n) is 3.79. The Kier molecular flexibility index (Phi) is 14.0. The summed E-state index contributed by atoms with van der Waals surface area (Å²) < 4.78 is 11.9. The zero-order valence-electron chi connectivity index (χ0n) is 25.3. The van der Waals surface area contributed by atoms with Crippen LogP contribution in [0.15, 0.2) is 28.7 Å². The number of rotatable bonds is 13. The van der Waals surface area contributed by atoms with E-state index in [4.69, 9.17) is 9.47 Å². The summed E-state index contributed by atoms with van der Waals surface area (Å²) in [5.41, 5.74) is -0.299. The number of urea groups is 1. The molecule has 3 N–H and O–H groups in total. The summed E-state index contributed by atoms with van der Waals surface area (Å²) in [5.74, 6) is -1.01. The third kappa shape index (κ3) is 16.5. The SMILES string of the molecule is CC(C)(C)OC(=O)CC[C@H](NC(=O)N[C@@H](CCCCNCc1ccc(Br)cc1)C(C)(C)C)C(=O)OC(C)(C)C. The molecule has 0 radical (unpaired) electrons. The molecule has 0 aromatic heterocycles. The fraction of sp³-hybridized carbons (Fsp3) is 0.700. The molecule has 0 aliphatic carbocycles. The zero-order valence-corrected chi connectivity index (χ0v) is 26.9. The number of hydrogen-bond acceptors (Lipinski definition) is 6. The lowest BCUT2D eigenvalue weighted by molar-refractivity contribution is -0.158. The highest BCUT2D eigenvalue weighted by Crippen LogP contribution is 2.23. The summed E-state index contributed by atoms with van der Waals surface area (Å²) in [4.78, 5) is 38.1. The number of unbranched alkanes of at least 4 members (excludes halogenated alkanes) is 1. The fourth-order valence-corrected chi connectivity index (χ4v) is 4.05. The first-order valence-electron chi connectivity index (χ1n) is 13.8. The van der Waals surface area contributed by atoms with Crippen molar-refractivity contribution in [1.82, 2.24) is 16.0 Å². The van der Waals surface area contributed by atoms with Crippen molar-refractivity contribution in [2.75, 3.05) is 6.54 Å². The highest BCUT2D eigenvalue weighted by molar-refractivity contribution is 9.10. The van der Waals surface area contributed by atoms with Gasteiger partial charge in [-0.05, 0) is 90.5 Å². The van der Waals surface area contributed by atoms with Crippen molar-refractivity contribution < 1.29 is 23.9 Å². The van der Waals surface area contributed by atoms with Crippen molar-refractivity contribution in [1.29, 1.82) is 0 Å². The molecule has 2 amide bonds. The Hall–Kier alpha value is -2.13. The normalized spacial score (nSPS) is 13.8. The van der Waals surface area contributed by atoms with E-state index in [-0.39, 0.29) is 24.3 Å². The van der Waals surface area contributed by atoms with E-state index in [0.29, 0.717) is 0 Å². The van der Waals surface area contributed by atoms with Gasteiger partial charge in [-0.3, -0.25) is 4.79 Å². The molecule has 1 rings (SSSR count). The van der Waals surface area contributed by atoms with Gasteiger partial charge in [-0.2, -0.15) is 0 Å². The number of benzene rings is 1. The van der Waals surface area contributed by atoms with Crippen LogP contribution >= 0.6 is 15.9 Å². The molecule has 0 spiro atoms. The van der Waals surface area contributed by atoms with Crippen LogP contribution in [0.5, 0.6) is 0 Å². The largest absolute Gasteiger partial charge is 0.460 e. The van der Waals surface area contributed by atoms with E-state index >= 15 is 0 Å². The molecule has 0 heterocycles. The Morgan fingerprint density at radius 1 is 0.821 bits per heavy atom. The molecule has 0 aliphatic rings. The second kappa shape index (κ2) is 15.6. The van der Waals surface area contributed by atoms with Crippen LogP contribution in [0.25, 0.3) is 0 Å². The average Bonchev–Trinajstić information content (AvgIpc) is 2.76. The number of esters is 2. The first kappa shape index (κ1) is 34.9. The highest BCUT2D eigenvalue weighted by atomic mass is 79.9. The number of nitrogens with one attached hydrogen (secondary N) is 3. The first-order valence-corrected chi connectivity index (χ1v) is 14.6. The molecule has 0 aliphatic heterocycles. The molecule has 0 fully saturated rings. The molecule has 1 aromatic rings. The van der Waals surface area contributed by atoms with Gasteiger partial charge < -0.3 is 25.4 Å². The Morgan fingerprint density at radius 2 is 1.41 bits per heavy atom. The summed E-state index contributed by atoms with van der Waals surface area (Å²) >= 11 is 3.45. The van der Waals surface area contributed by atoms with E-state index in [9.17, 15) is 14.4 Å². The first-order chi connectivity index (χ1) is 17.9. The number of halogens is 1. The quantitative estimate of drug-likeness (QED) is 0.180. The van der Waals surface area contributed by atoms with Crippen molar-refractivity contribution in [3.05, 3.63) is 34.3 Å². The van der Waals surface area contributed by atoms with E-state index in [2.05, 4.69) is 64.8 Å². The second-order valence-electron chi connectivity index (χ2n) is 13.0. The molecule has 0 unspecified atom stereocenters. The van der Waals surface area contributed by atoms with Gasteiger partial charge >= 0.3 is 18.0 Å². The van der Waals surface area contributed by atoms with Gasteiger partial charge in [0.25, 0.3) is 0 Å². The molecular weight excluding hydrogens is 562 g/mol. The van der Waals surface area contributed by atoms with Crippen molar-refractivity contribution >= 4 is 33.9 Å². The maximum absolute atomic E-state index is 13.0. The van der Waals surface area contributed by atoms with Crippen LogP contribution in [0.2, 0.25) is 0 Å². The van der Waals surface area contributed by atoms with Gasteiger partial charge in [-0.1, -0.05) is 55.3 Å². The molecule has 9 heteroatoms. The number of ether oxygens (including phenoxy) is 2. The molecule has 2 atom stereocenters. The van der Waals surface area contributed by atoms with E-state index in [1.54, 1.807) is 41.5 Å². The van der Waals surface area contributed by atoms with Crippen molar-refractivity contribution in [3.8, 4) is 0 Å².